The molecule has 0 saturated carbocycles. The summed E-state index contributed by atoms with van der Waals surface area (Å²) in [6.45, 7) is 2.26. The summed E-state index contributed by atoms with van der Waals surface area (Å²) in [4.78, 5) is 23.6. The monoisotopic (exact) mass is 478 g/mol. The quantitative estimate of drug-likeness (QED) is 0.456. The lowest BCUT2D eigenvalue weighted by atomic mass is 10.1. The summed E-state index contributed by atoms with van der Waals surface area (Å²) in [5, 5.41) is 11.1. The van der Waals surface area contributed by atoms with E-state index < -0.39 is 12.1 Å². The number of amides is 1. The van der Waals surface area contributed by atoms with E-state index in [1.54, 1.807) is 4.90 Å². The molecule has 0 fully saturated rings. The highest BCUT2D eigenvalue weighted by Crippen LogP contribution is 2.25. The molecule has 0 aliphatic carbocycles. The van der Waals surface area contributed by atoms with E-state index in [1.165, 1.54) is 0 Å². The van der Waals surface area contributed by atoms with Crippen LogP contribution >= 0.6 is 11.6 Å². The normalized spacial score (nSPS) is 11.7. The number of nitrogens with zero attached hydrogens (tertiary/aromatic N) is 1. The molecule has 1 amide bonds. The first-order valence-electron chi connectivity index (χ1n) is 9.81. The van der Waals surface area contributed by atoms with Crippen LogP contribution in [0.15, 0.2) is 84.9 Å². The van der Waals surface area contributed by atoms with Gasteiger partial charge < -0.3 is 10.4 Å². The summed E-state index contributed by atoms with van der Waals surface area (Å²) >= 11 is 5.94. The molecule has 0 bridgehead atoms. The molecule has 3 aromatic carbocycles. The molecule has 33 heavy (non-hydrogen) atoms. The van der Waals surface area contributed by atoms with Crippen LogP contribution in [-0.4, -0.2) is 29.7 Å². The predicted octanol–water partition coefficient (Wildman–Crippen LogP) is 5.99. The Morgan fingerprint density at radius 3 is 1.73 bits per heavy atom. The van der Waals surface area contributed by atoms with Gasteiger partial charge in [-0.2, -0.15) is 13.2 Å². The maximum atomic E-state index is 13.0. The number of carboxylic acids is 1. The van der Waals surface area contributed by atoms with E-state index in [-0.39, 0.29) is 18.5 Å². The van der Waals surface area contributed by atoms with Crippen LogP contribution < -0.4 is 10.2 Å². The molecule has 0 heterocycles. The van der Waals surface area contributed by atoms with Gasteiger partial charge in [0.15, 0.2) is 0 Å². The average molecular weight is 479 g/mol. The average Bonchev–Trinajstić information content (AvgIpc) is 2.79. The van der Waals surface area contributed by atoms with E-state index >= 15 is 0 Å². The molecule has 9 heteroatoms. The molecule has 0 aliphatic heterocycles. The fraction of sp³-hybridized carbons (Fsp3) is 0.167. The molecule has 0 saturated heterocycles. The fourth-order valence-corrected chi connectivity index (χ4v) is 2.91. The summed E-state index contributed by atoms with van der Waals surface area (Å²) in [6, 6.07) is 27.1. The first-order chi connectivity index (χ1) is 15.6. The van der Waals surface area contributed by atoms with Gasteiger partial charge in [0.2, 0.25) is 5.91 Å². The van der Waals surface area contributed by atoms with Gasteiger partial charge in [-0.05, 0) is 48.9 Å². The topological polar surface area (TPSA) is 69.6 Å². The minimum atomic E-state index is -5.08. The lowest BCUT2D eigenvalue weighted by Crippen LogP contribution is -2.36. The SMILES string of the molecule is CC(NCC(=O)N(c1ccccc1)c1ccccc1)c1ccc(Cl)cc1.O=C(O)C(F)(F)F. The molecule has 174 valence electrons. The van der Waals surface area contributed by atoms with Gasteiger partial charge in [0.05, 0.1) is 6.54 Å². The van der Waals surface area contributed by atoms with Crippen LogP contribution in [0.25, 0.3) is 0 Å². The maximum Gasteiger partial charge on any atom is 0.490 e. The van der Waals surface area contributed by atoms with Crippen molar-refractivity contribution in [2.75, 3.05) is 11.4 Å². The van der Waals surface area contributed by atoms with E-state index in [9.17, 15) is 18.0 Å². The number of hydrogen-bond donors (Lipinski definition) is 2. The number of alkyl halides is 3. The molecule has 1 unspecified atom stereocenters. The van der Waals surface area contributed by atoms with Crippen LogP contribution in [0.3, 0.4) is 0 Å². The Hall–Kier alpha value is -3.36. The molecule has 5 nitrogen and oxygen atoms in total. The Morgan fingerprint density at radius 1 is 0.909 bits per heavy atom. The first-order valence-corrected chi connectivity index (χ1v) is 10.2. The van der Waals surface area contributed by atoms with Crippen LogP contribution in [-0.2, 0) is 9.59 Å². The molecule has 0 spiro atoms. The van der Waals surface area contributed by atoms with Crippen LogP contribution in [0.2, 0.25) is 5.02 Å². The zero-order chi connectivity index (χ0) is 24.4. The molecule has 3 rings (SSSR count). The number of halogens is 4. The van der Waals surface area contributed by atoms with E-state index in [1.807, 2.05) is 91.9 Å². The lowest BCUT2D eigenvalue weighted by molar-refractivity contribution is -0.192. The third-order valence-electron chi connectivity index (χ3n) is 4.45. The zero-order valence-corrected chi connectivity index (χ0v) is 18.3. The lowest BCUT2D eigenvalue weighted by Gasteiger charge is -2.24. The summed E-state index contributed by atoms with van der Waals surface area (Å²) in [6.07, 6.45) is -5.08. The van der Waals surface area contributed by atoms with Crippen LogP contribution in [0.4, 0.5) is 24.5 Å². The largest absolute Gasteiger partial charge is 0.490 e. The molecule has 2 N–H and O–H groups in total. The number of benzene rings is 3. The minimum absolute atomic E-state index is 0.0109. The summed E-state index contributed by atoms with van der Waals surface area (Å²) in [5.41, 5.74) is 2.79. The fourth-order valence-electron chi connectivity index (χ4n) is 2.78. The number of aliphatic carboxylic acids is 1. The summed E-state index contributed by atoms with van der Waals surface area (Å²) < 4.78 is 31.7. The van der Waals surface area contributed by atoms with Crippen LogP contribution in [0.1, 0.15) is 18.5 Å². The Morgan fingerprint density at radius 2 is 1.33 bits per heavy atom. The van der Waals surface area contributed by atoms with Crippen molar-refractivity contribution in [2.24, 2.45) is 0 Å². The van der Waals surface area contributed by atoms with Gasteiger partial charge in [0.25, 0.3) is 0 Å². The van der Waals surface area contributed by atoms with Gasteiger partial charge in [0, 0.05) is 22.4 Å². The molecule has 0 aromatic heterocycles. The van der Waals surface area contributed by atoms with Gasteiger partial charge in [-0.1, -0.05) is 60.1 Å². The molecule has 0 aliphatic rings. The van der Waals surface area contributed by atoms with Crippen molar-refractivity contribution in [3.05, 3.63) is 95.5 Å². The van der Waals surface area contributed by atoms with Crippen molar-refractivity contribution >= 4 is 34.9 Å². The third-order valence-corrected chi connectivity index (χ3v) is 4.70. The van der Waals surface area contributed by atoms with Gasteiger partial charge in [0.1, 0.15) is 0 Å². The second-order valence-corrected chi connectivity index (χ2v) is 7.29. The first kappa shape index (κ1) is 25.9. The highest BCUT2D eigenvalue weighted by atomic mass is 35.5. The van der Waals surface area contributed by atoms with Crippen molar-refractivity contribution in [2.45, 2.75) is 19.1 Å². The van der Waals surface area contributed by atoms with Gasteiger partial charge >= 0.3 is 12.1 Å². The number of nitrogens with one attached hydrogen (secondary N) is 1. The number of carbonyl (C=O) groups is 2. The molecule has 1 atom stereocenters. The minimum Gasteiger partial charge on any atom is -0.475 e. The summed E-state index contributed by atoms with van der Waals surface area (Å²) in [7, 11) is 0. The zero-order valence-electron chi connectivity index (χ0n) is 17.6. The number of rotatable bonds is 6. The summed E-state index contributed by atoms with van der Waals surface area (Å²) in [5.74, 6) is -2.77. The van der Waals surface area contributed by atoms with Gasteiger partial charge in [-0.15, -0.1) is 0 Å². The van der Waals surface area contributed by atoms with Crippen molar-refractivity contribution < 1.29 is 27.9 Å². The van der Waals surface area contributed by atoms with E-state index in [2.05, 4.69) is 5.32 Å². The standard InChI is InChI=1S/C22H21ClN2O.C2HF3O2/c1-17(18-12-14-19(23)15-13-18)24-16-22(26)25(20-8-4-2-5-9-20)21-10-6-3-7-11-21;3-2(4,5)1(6)7/h2-15,17,24H,16H2,1H3;(H,6,7). The highest BCUT2D eigenvalue weighted by Gasteiger charge is 2.38. The Labute approximate surface area is 194 Å². The predicted molar refractivity (Wildman–Crippen MR) is 122 cm³/mol. The Kier molecular flexibility index (Phi) is 9.44. The van der Waals surface area contributed by atoms with E-state index in [0.717, 1.165) is 16.9 Å². The maximum absolute atomic E-state index is 13.0. The molecular weight excluding hydrogens is 457 g/mol. The molecule has 0 radical (unpaired) electrons. The Balaban J connectivity index is 0.000000479. The third kappa shape index (κ3) is 8.25. The number of anilines is 2. The van der Waals surface area contributed by atoms with Gasteiger partial charge in [-0.25, -0.2) is 4.79 Å². The van der Waals surface area contributed by atoms with Crippen LogP contribution in [0.5, 0.6) is 0 Å². The number of hydrogen-bond acceptors (Lipinski definition) is 3. The number of para-hydroxylation sites is 2. The van der Waals surface area contributed by atoms with E-state index in [0.29, 0.717) is 5.02 Å². The Bertz CT molecular complexity index is 991. The highest BCUT2D eigenvalue weighted by molar-refractivity contribution is 6.30. The second-order valence-electron chi connectivity index (χ2n) is 6.86. The molecule has 3 aromatic rings. The van der Waals surface area contributed by atoms with Crippen molar-refractivity contribution in [1.82, 2.24) is 5.32 Å². The second kappa shape index (κ2) is 12.0. The number of carbonyl (C=O) groups excluding carboxylic acids is 1. The smallest absolute Gasteiger partial charge is 0.475 e. The number of carboxylic acid groups (broad SMARTS) is 1. The molecular formula is C24H22ClF3N2O3. The van der Waals surface area contributed by atoms with Crippen LogP contribution in [0, 0.1) is 0 Å². The van der Waals surface area contributed by atoms with Crippen molar-refractivity contribution in [3.63, 3.8) is 0 Å². The van der Waals surface area contributed by atoms with Crippen molar-refractivity contribution in [3.8, 4) is 0 Å². The van der Waals surface area contributed by atoms with Crippen molar-refractivity contribution in [1.29, 1.82) is 0 Å². The van der Waals surface area contributed by atoms with E-state index in [4.69, 9.17) is 21.5 Å². The van der Waals surface area contributed by atoms with Gasteiger partial charge in [-0.3, -0.25) is 9.69 Å².